The molecular formula is C14H14O. The summed E-state index contributed by atoms with van der Waals surface area (Å²) in [6.45, 7) is 0. The average Bonchev–Trinajstić information content (AvgIpc) is 2.31. The lowest BCUT2D eigenvalue weighted by atomic mass is 9.69. The lowest BCUT2D eigenvalue weighted by Gasteiger charge is -2.34. The van der Waals surface area contributed by atoms with Gasteiger partial charge in [0.25, 0.3) is 0 Å². The molecule has 76 valence electrons. The fraction of sp³-hybridized carbons (Fsp3) is 0.357. The standard InChI is InChI=1S/C14H14O/c15-14-9-11-6-7-12(14)8-13(11)10-4-2-1-3-5-10/h1-5,8,11-12H,6-7,9H2/t11-,12+/m1/s1. The fourth-order valence-corrected chi connectivity index (χ4v) is 2.80. The Labute approximate surface area is 89.8 Å². The van der Waals surface area contributed by atoms with Crippen LogP contribution >= 0.6 is 0 Å². The summed E-state index contributed by atoms with van der Waals surface area (Å²) in [5.74, 6) is 1.15. The number of Topliss-reactive ketones (excluding diaryl/α,β-unsaturated/α-hetero) is 1. The Balaban J connectivity index is 2.02. The molecular weight excluding hydrogens is 184 g/mol. The topological polar surface area (TPSA) is 17.1 Å². The van der Waals surface area contributed by atoms with Crippen LogP contribution < -0.4 is 0 Å². The molecule has 0 aliphatic heterocycles. The molecule has 0 unspecified atom stereocenters. The smallest absolute Gasteiger partial charge is 0.140 e. The summed E-state index contributed by atoms with van der Waals surface area (Å²) >= 11 is 0. The number of hydrogen-bond donors (Lipinski definition) is 0. The summed E-state index contributed by atoms with van der Waals surface area (Å²) in [5, 5.41) is 0. The van der Waals surface area contributed by atoms with Gasteiger partial charge in [0.15, 0.2) is 0 Å². The Morgan fingerprint density at radius 2 is 1.87 bits per heavy atom. The zero-order chi connectivity index (χ0) is 10.3. The van der Waals surface area contributed by atoms with Crippen LogP contribution in [-0.4, -0.2) is 5.78 Å². The molecule has 0 amide bonds. The second kappa shape index (κ2) is 3.34. The normalized spacial score (nSPS) is 29.1. The van der Waals surface area contributed by atoms with E-state index in [-0.39, 0.29) is 5.92 Å². The van der Waals surface area contributed by atoms with E-state index in [0.717, 1.165) is 12.8 Å². The van der Waals surface area contributed by atoms with Crippen LogP contribution in [0.1, 0.15) is 24.8 Å². The number of hydrogen-bond acceptors (Lipinski definition) is 1. The van der Waals surface area contributed by atoms with Crippen LogP contribution in [-0.2, 0) is 4.79 Å². The van der Waals surface area contributed by atoms with Crippen LogP contribution in [0.4, 0.5) is 0 Å². The van der Waals surface area contributed by atoms with Crippen LogP contribution in [0.5, 0.6) is 0 Å². The van der Waals surface area contributed by atoms with Crippen molar-refractivity contribution in [2.75, 3.05) is 0 Å². The SMILES string of the molecule is O=C1C[C@H]2CC[C@H]1C=C2c1ccccc1. The number of carbonyl (C=O) groups excluding carboxylic acids is 1. The second-order valence-corrected chi connectivity index (χ2v) is 4.54. The van der Waals surface area contributed by atoms with Gasteiger partial charge in [0.05, 0.1) is 0 Å². The molecule has 0 spiro atoms. The Morgan fingerprint density at radius 1 is 1.07 bits per heavy atom. The van der Waals surface area contributed by atoms with E-state index in [1.807, 2.05) is 6.07 Å². The van der Waals surface area contributed by atoms with Gasteiger partial charge in [0.2, 0.25) is 0 Å². The monoisotopic (exact) mass is 198 g/mol. The molecule has 1 nitrogen and oxygen atoms in total. The number of benzene rings is 1. The highest BCUT2D eigenvalue weighted by Crippen LogP contribution is 2.42. The molecule has 3 aliphatic rings. The second-order valence-electron chi connectivity index (χ2n) is 4.54. The molecule has 1 saturated carbocycles. The maximum atomic E-state index is 11.6. The van der Waals surface area contributed by atoms with Crippen LogP contribution in [0.3, 0.4) is 0 Å². The van der Waals surface area contributed by atoms with Crippen molar-refractivity contribution in [1.82, 2.24) is 0 Å². The minimum Gasteiger partial charge on any atom is -0.299 e. The molecule has 0 saturated heterocycles. The highest BCUT2D eigenvalue weighted by atomic mass is 16.1. The molecule has 1 aromatic carbocycles. The van der Waals surface area contributed by atoms with Crippen LogP contribution in [0.2, 0.25) is 0 Å². The molecule has 3 aliphatic carbocycles. The molecule has 0 radical (unpaired) electrons. The highest BCUT2D eigenvalue weighted by Gasteiger charge is 2.35. The number of allylic oxidation sites excluding steroid dienone is 2. The van der Waals surface area contributed by atoms with E-state index in [4.69, 9.17) is 0 Å². The van der Waals surface area contributed by atoms with E-state index in [0.29, 0.717) is 11.7 Å². The van der Waals surface area contributed by atoms with Crippen molar-refractivity contribution in [3.05, 3.63) is 42.0 Å². The first kappa shape index (κ1) is 8.90. The highest BCUT2D eigenvalue weighted by molar-refractivity contribution is 5.91. The van der Waals surface area contributed by atoms with Gasteiger partial charge in [-0.3, -0.25) is 4.79 Å². The molecule has 1 fully saturated rings. The zero-order valence-corrected chi connectivity index (χ0v) is 8.65. The van der Waals surface area contributed by atoms with E-state index in [9.17, 15) is 4.79 Å². The first-order valence-electron chi connectivity index (χ1n) is 5.64. The third-order valence-electron chi connectivity index (χ3n) is 3.61. The predicted molar refractivity (Wildman–Crippen MR) is 60.3 cm³/mol. The van der Waals surface area contributed by atoms with Crippen molar-refractivity contribution in [1.29, 1.82) is 0 Å². The summed E-state index contributed by atoms with van der Waals surface area (Å²) in [6.07, 6.45) is 5.23. The molecule has 1 heteroatoms. The van der Waals surface area contributed by atoms with Gasteiger partial charge in [-0.05, 0) is 29.9 Å². The van der Waals surface area contributed by atoms with E-state index in [1.165, 1.54) is 17.6 Å². The van der Waals surface area contributed by atoms with E-state index < -0.39 is 0 Å². The minimum absolute atomic E-state index is 0.213. The van der Waals surface area contributed by atoms with Crippen molar-refractivity contribution in [2.45, 2.75) is 19.3 Å². The van der Waals surface area contributed by atoms with E-state index >= 15 is 0 Å². The van der Waals surface area contributed by atoms with Gasteiger partial charge in [0.1, 0.15) is 5.78 Å². The van der Waals surface area contributed by atoms with E-state index in [2.05, 4.69) is 30.3 Å². The molecule has 4 rings (SSSR count). The summed E-state index contributed by atoms with van der Waals surface area (Å²) in [5.41, 5.74) is 2.71. The number of carbonyl (C=O) groups is 1. The summed E-state index contributed by atoms with van der Waals surface area (Å²) in [6, 6.07) is 10.5. The van der Waals surface area contributed by atoms with Crippen molar-refractivity contribution >= 4 is 11.4 Å². The van der Waals surface area contributed by atoms with Crippen LogP contribution in [0.25, 0.3) is 5.57 Å². The van der Waals surface area contributed by atoms with Crippen molar-refractivity contribution in [3.8, 4) is 0 Å². The van der Waals surface area contributed by atoms with Gasteiger partial charge in [0, 0.05) is 12.3 Å². The number of ketones is 1. The van der Waals surface area contributed by atoms with Gasteiger partial charge in [-0.25, -0.2) is 0 Å². The molecule has 0 aromatic heterocycles. The summed E-state index contributed by atoms with van der Waals surface area (Å²) < 4.78 is 0. The first-order valence-corrected chi connectivity index (χ1v) is 5.64. The maximum Gasteiger partial charge on any atom is 0.140 e. The average molecular weight is 198 g/mol. The first-order chi connectivity index (χ1) is 7.34. The van der Waals surface area contributed by atoms with Crippen molar-refractivity contribution < 1.29 is 4.79 Å². The summed E-state index contributed by atoms with van der Waals surface area (Å²) in [4.78, 5) is 11.6. The van der Waals surface area contributed by atoms with Gasteiger partial charge < -0.3 is 0 Å². The molecule has 0 heterocycles. The van der Waals surface area contributed by atoms with E-state index in [1.54, 1.807) is 0 Å². The van der Waals surface area contributed by atoms with Gasteiger partial charge in [-0.15, -0.1) is 0 Å². The summed E-state index contributed by atoms with van der Waals surface area (Å²) in [7, 11) is 0. The zero-order valence-electron chi connectivity index (χ0n) is 8.65. The van der Waals surface area contributed by atoms with Crippen LogP contribution in [0, 0.1) is 11.8 Å². The maximum absolute atomic E-state index is 11.6. The molecule has 2 atom stereocenters. The van der Waals surface area contributed by atoms with Gasteiger partial charge in [-0.2, -0.15) is 0 Å². The molecule has 15 heavy (non-hydrogen) atoms. The Hall–Kier alpha value is -1.37. The third kappa shape index (κ3) is 1.43. The lowest BCUT2D eigenvalue weighted by Crippen LogP contribution is -2.29. The minimum atomic E-state index is 0.213. The number of rotatable bonds is 1. The van der Waals surface area contributed by atoms with Crippen LogP contribution in [0.15, 0.2) is 36.4 Å². The Kier molecular flexibility index (Phi) is 1.98. The fourth-order valence-electron chi connectivity index (χ4n) is 2.80. The molecule has 2 bridgehead atoms. The quantitative estimate of drug-likeness (QED) is 0.677. The van der Waals surface area contributed by atoms with Gasteiger partial charge in [-0.1, -0.05) is 36.4 Å². The number of fused-ring (bicyclic) bond motifs is 2. The van der Waals surface area contributed by atoms with Crippen molar-refractivity contribution in [2.24, 2.45) is 11.8 Å². The Morgan fingerprint density at radius 3 is 2.47 bits per heavy atom. The molecule has 1 aromatic rings. The Bertz CT molecular complexity index is 416. The van der Waals surface area contributed by atoms with Gasteiger partial charge >= 0.3 is 0 Å². The predicted octanol–water partition coefficient (Wildman–Crippen LogP) is 3.07. The third-order valence-corrected chi connectivity index (χ3v) is 3.61. The largest absolute Gasteiger partial charge is 0.299 e. The molecule has 0 N–H and O–H groups in total. The van der Waals surface area contributed by atoms with Crippen molar-refractivity contribution in [3.63, 3.8) is 0 Å². The lowest BCUT2D eigenvalue weighted by molar-refractivity contribution is -0.124.